The van der Waals surface area contributed by atoms with E-state index in [0.29, 0.717) is 12.2 Å². The third-order valence-electron chi connectivity index (χ3n) is 3.44. The highest BCUT2D eigenvalue weighted by Crippen LogP contribution is 2.17. The average Bonchev–Trinajstić information content (AvgIpc) is 2.63. The minimum atomic E-state index is -0.588. The number of hydrogen-bond acceptors (Lipinski definition) is 5. The molecule has 0 heterocycles. The molecule has 0 unspecified atom stereocenters. The van der Waals surface area contributed by atoms with Gasteiger partial charge >= 0.3 is 0 Å². The molecule has 1 amide bonds. The van der Waals surface area contributed by atoms with Gasteiger partial charge in [-0.15, -0.1) is 0 Å². The Hall–Kier alpha value is -3.18. The molecule has 0 aromatic heterocycles. The molecule has 2 aromatic rings. The molecule has 0 bridgehead atoms. The largest absolute Gasteiger partial charge is 0.389 e. The molecule has 0 radical (unpaired) electrons. The monoisotopic (exact) mass is 414 g/mol. The van der Waals surface area contributed by atoms with Gasteiger partial charge in [0, 0.05) is 35.0 Å². The number of hydrogen-bond donors (Lipinski definition) is 2. The maximum atomic E-state index is 12.1. The van der Waals surface area contributed by atoms with Gasteiger partial charge in [0.2, 0.25) is 0 Å². The standard InChI is InChI=1S/C18H15BrN4O3/c19-17-4-2-1-3-13(17)9-10-21-12-14(11-20)18(24)22-15-5-7-16(8-6-15)23(25)26/h1-8,12,21H,9-10H2,(H,22,24)/b14-12-. The number of carbonyl (C=O) groups excluding carboxylic acids is 1. The number of nitriles is 1. The molecule has 0 fully saturated rings. The molecular formula is C18H15BrN4O3. The van der Waals surface area contributed by atoms with Crippen LogP contribution < -0.4 is 10.6 Å². The first-order valence-electron chi connectivity index (χ1n) is 7.64. The van der Waals surface area contributed by atoms with E-state index < -0.39 is 10.8 Å². The molecule has 0 spiro atoms. The Labute approximate surface area is 158 Å². The number of nitro groups is 1. The van der Waals surface area contributed by atoms with Crippen molar-refractivity contribution in [2.75, 3.05) is 11.9 Å². The fraction of sp³-hybridized carbons (Fsp3) is 0.111. The van der Waals surface area contributed by atoms with Crippen molar-refractivity contribution < 1.29 is 9.72 Å². The van der Waals surface area contributed by atoms with E-state index in [1.807, 2.05) is 30.3 Å². The SMILES string of the molecule is N#C/C(=C/NCCc1ccccc1Br)C(=O)Nc1ccc([N+](=O)[O-])cc1. The van der Waals surface area contributed by atoms with Crippen molar-refractivity contribution in [3.05, 3.63) is 80.5 Å². The lowest BCUT2D eigenvalue weighted by Crippen LogP contribution is -2.18. The van der Waals surface area contributed by atoms with Gasteiger partial charge in [-0.1, -0.05) is 34.1 Å². The van der Waals surface area contributed by atoms with Gasteiger partial charge < -0.3 is 10.6 Å². The van der Waals surface area contributed by atoms with Crippen molar-refractivity contribution in [2.45, 2.75) is 6.42 Å². The first-order chi connectivity index (χ1) is 12.5. The van der Waals surface area contributed by atoms with Crippen LogP contribution in [-0.2, 0) is 11.2 Å². The first kappa shape index (κ1) is 19.1. The van der Waals surface area contributed by atoms with E-state index in [0.717, 1.165) is 16.5 Å². The van der Waals surface area contributed by atoms with Gasteiger partial charge in [0.05, 0.1) is 4.92 Å². The zero-order valence-electron chi connectivity index (χ0n) is 13.6. The van der Waals surface area contributed by atoms with E-state index in [1.54, 1.807) is 0 Å². The molecular weight excluding hydrogens is 400 g/mol. The van der Waals surface area contributed by atoms with Crippen LogP contribution in [0.15, 0.2) is 64.8 Å². The van der Waals surface area contributed by atoms with Crippen molar-refractivity contribution >= 4 is 33.2 Å². The highest BCUT2D eigenvalue weighted by atomic mass is 79.9. The lowest BCUT2D eigenvalue weighted by molar-refractivity contribution is -0.384. The molecule has 2 N–H and O–H groups in total. The molecule has 0 aliphatic carbocycles. The predicted octanol–water partition coefficient (Wildman–Crippen LogP) is 3.54. The lowest BCUT2D eigenvalue weighted by Gasteiger charge is -2.06. The Morgan fingerprint density at radius 3 is 2.54 bits per heavy atom. The fourth-order valence-electron chi connectivity index (χ4n) is 2.10. The second kappa shape index (κ2) is 9.34. The summed E-state index contributed by atoms with van der Waals surface area (Å²) in [5.41, 5.74) is 1.32. The van der Waals surface area contributed by atoms with Gasteiger partial charge in [-0.2, -0.15) is 5.26 Å². The molecule has 0 saturated carbocycles. The van der Waals surface area contributed by atoms with E-state index in [1.165, 1.54) is 30.5 Å². The second-order valence-corrected chi connectivity index (χ2v) is 6.08. The van der Waals surface area contributed by atoms with E-state index in [-0.39, 0.29) is 11.3 Å². The number of nitrogens with zero attached hydrogens (tertiary/aromatic N) is 2. The van der Waals surface area contributed by atoms with E-state index in [9.17, 15) is 14.9 Å². The zero-order chi connectivity index (χ0) is 18.9. The van der Waals surface area contributed by atoms with Gasteiger partial charge in [-0.25, -0.2) is 0 Å². The van der Waals surface area contributed by atoms with Crippen LogP contribution in [0.1, 0.15) is 5.56 Å². The fourth-order valence-corrected chi connectivity index (χ4v) is 2.58. The smallest absolute Gasteiger partial charge is 0.269 e. The third-order valence-corrected chi connectivity index (χ3v) is 4.22. The van der Waals surface area contributed by atoms with Gasteiger partial charge in [0.25, 0.3) is 11.6 Å². The van der Waals surface area contributed by atoms with Crippen LogP contribution in [0.4, 0.5) is 11.4 Å². The number of benzene rings is 2. The molecule has 2 aromatic carbocycles. The molecule has 0 aliphatic rings. The summed E-state index contributed by atoms with van der Waals surface area (Å²) in [4.78, 5) is 22.2. The van der Waals surface area contributed by atoms with E-state index in [2.05, 4.69) is 26.6 Å². The Morgan fingerprint density at radius 1 is 1.23 bits per heavy atom. The summed E-state index contributed by atoms with van der Waals surface area (Å²) in [5, 5.41) is 25.2. The van der Waals surface area contributed by atoms with Crippen molar-refractivity contribution in [1.29, 1.82) is 5.26 Å². The maximum absolute atomic E-state index is 12.1. The van der Waals surface area contributed by atoms with Crippen LogP contribution in [-0.4, -0.2) is 17.4 Å². The summed E-state index contributed by atoms with van der Waals surface area (Å²) in [6.45, 7) is 0.554. The molecule has 0 saturated heterocycles. The number of halogens is 1. The maximum Gasteiger partial charge on any atom is 0.269 e. The summed E-state index contributed by atoms with van der Waals surface area (Å²) in [6, 6.07) is 15.0. The van der Waals surface area contributed by atoms with E-state index >= 15 is 0 Å². The van der Waals surface area contributed by atoms with Gasteiger partial charge in [0.15, 0.2) is 0 Å². The van der Waals surface area contributed by atoms with Gasteiger partial charge in [-0.05, 0) is 30.2 Å². The Morgan fingerprint density at radius 2 is 1.92 bits per heavy atom. The van der Waals surface area contributed by atoms with E-state index in [4.69, 9.17) is 5.26 Å². The number of rotatable bonds is 7. The molecule has 132 valence electrons. The van der Waals surface area contributed by atoms with Crippen LogP contribution in [0.2, 0.25) is 0 Å². The van der Waals surface area contributed by atoms with Crippen molar-refractivity contribution in [3.8, 4) is 6.07 Å². The lowest BCUT2D eigenvalue weighted by atomic mass is 10.1. The predicted molar refractivity (Wildman–Crippen MR) is 101 cm³/mol. The summed E-state index contributed by atoms with van der Waals surface area (Å²) in [6.07, 6.45) is 2.08. The van der Waals surface area contributed by atoms with Crippen molar-refractivity contribution in [1.82, 2.24) is 5.32 Å². The van der Waals surface area contributed by atoms with Crippen LogP contribution >= 0.6 is 15.9 Å². The number of non-ortho nitro benzene ring substituents is 1. The number of carbonyl (C=O) groups is 1. The molecule has 2 rings (SSSR count). The summed E-state index contributed by atoms with van der Waals surface area (Å²) >= 11 is 3.46. The third kappa shape index (κ3) is 5.43. The normalized spacial score (nSPS) is 10.7. The van der Waals surface area contributed by atoms with Crippen molar-refractivity contribution in [3.63, 3.8) is 0 Å². The van der Waals surface area contributed by atoms with Gasteiger partial charge in [0.1, 0.15) is 11.6 Å². The number of anilines is 1. The molecule has 8 heteroatoms. The topological polar surface area (TPSA) is 108 Å². The average molecular weight is 415 g/mol. The Bertz CT molecular complexity index is 873. The minimum Gasteiger partial charge on any atom is -0.389 e. The van der Waals surface area contributed by atoms with Crippen LogP contribution in [0, 0.1) is 21.4 Å². The molecule has 26 heavy (non-hydrogen) atoms. The van der Waals surface area contributed by atoms with Crippen LogP contribution in [0.5, 0.6) is 0 Å². The highest BCUT2D eigenvalue weighted by molar-refractivity contribution is 9.10. The first-order valence-corrected chi connectivity index (χ1v) is 8.43. The molecule has 7 nitrogen and oxygen atoms in total. The Kier molecular flexibility index (Phi) is 6.88. The molecule has 0 atom stereocenters. The second-order valence-electron chi connectivity index (χ2n) is 5.22. The van der Waals surface area contributed by atoms with Crippen LogP contribution in [0.3, 0.4) is 0 Å². The van der Waals surface area contributed by atoms with Crippen molar-refractivity contribution in [2.24, 2.45) is 0 Å². The summed E-state index contributed by atoms with van der Waals surface area (Å²) < 4.78 is 1.00. The van der Waals surface area contributed by atoms with Gasteiger partial charge in [-0.3, -0.25) is 14.9 Å². The molecule has 0 aliphatic heterocycles. The van der Waals surface area contributed by atoms with Crippen LogP contribution in [0.25, 0.3) is 0 Å². The quantitative estimate of drug-likeness (QED) is 0.237. The highest BCUT2D eigenvalue weighted by Gasteiger charge is 2.10. The number of amides is 1. The number of nitrogens with one attached hydrogen (secondary N) is 2. The summed E-state index contributed by atoms with van der Waals surface area (Å²) in [5.74, 6) is -0.588. The number of nitro benzene ring substituents is 1. The minimum absolute atomic E-state index is 0.0761. The summed E-state index contributed by atoms with van der Waals surface area (Å²) in [7, 11) is 0. The zero-order valence-corrected chi connectivity index (χ0v) is 15.2. The Balaban J connectivity index is 1.91.